The number of carbonyl (C=O) groups excluding carboxylic acids is 1. The van der Waals surface area contributed by atoms with Gasteiger partial charge in [-0.3, -0.25) is 4.79 Å². The number of ether oxygens (including phenoxy) is 2. The lowest BCUT2D eigenvalue weighted by atomic mass is 10.1. The van der Waals surface area contributed by atoms with Gasteiger partial charge in [-0.2, -0.15) is 0 Å². The van der Waals surface area contributed by atoms with Crippen molar-refractivity contribution >= 4 is 11.9 Å². The van der Waals surface area contributed by atoms with E-state index in [9.17, 15) is 4.79 Å². The molecule has 0 aliphatic heterocycles. The Morgan fingerprint density at radius 3 is 2.67 bits per heavy atom. The van der Waals surface area contributed by atoms with Crippen molar-refractivity contribution in [3.8, 4) is 5.75 Å². The standard InChI is InChI=1S/C23H23NO3/c1-18-10-12-20(13-11-18)23(25)22-9-5-15-24(22)14-4-7-19-6-3-8-21(16-19)27-17-26-2/h3-13,15-16H,14,17H2,1-2H3/b7-4+. The maximum atomic E-state index is 12.7. The third-order valence-corrected chi connectivity index (χ3v) is 4.19. The minimum atomic E-state index is 0.0309. The number of hydrogen-bond donors (Lipinski definition) is 0. The SMILES string of the molecule is COCOc1cccc(/C=C/Cn2cccc2C(=O)c2ccc(C)cc2)c1. The third kappa shape index (κ3) is 4.96. The van der Waals surface area contributed by atoms with Gasteiger partial charge in [0.05, 0.1) is 5.69 Å². The largest absolute Gasteiger partial charge is 0.468 e. The van der Waals surface area contributed by atoms with Crippen LogP contribution in [0.5, 0.6) is 5.75 Å². The summed E-state index contributed by atoms with van der Waals surface area (Å²) in [6.07, 6.45) is 5.96. The Morgan fingerprint density at radius 2 is 1.89 bits per heavy atom. The van der Waals surface area contributed by atoms with Crippen LogP contribution in [0.1, 0.15) is 27.2 Å². The summed E-state index contributed by atoms with van der Waals surface area (Å²) in [6.45, 7) is 2.85. The Morgan fingerprint density at radius 1 is 1.07 bits per heavy atom. The molecule has 27 heavy (non-hydrogen) atoms. The van der Waals surface area contributed by atoms with Crippen LogP contribution in [-0.2, 0) is 11.3 Å². The number of ketones is 1. The number of aryl methyl sites for hydroxylation is 1. The minimum absolute atomic E-state index is 0.0309. The van der Waals surface area contributed by atoms with E-state index in [4.69, 9.17) is 9.47 Å². The van der Waals surface area contributed by atoms with Crippen LogP contribution >= 0.6 is 0 Å². The molecule has 0 fully saturated rings. The molecule has 0 atom stereocenters. The monoisotopic (exact) mass is 361 g/mol. The zero-order valence-electron chi connectivity index (χ0n) is 15.6. The molecular formula is C23H23NO3. The van der Waals surface area contributed by atoms with Gasteiger partial charge in [-0.25, -0.2) is 0 Å². The maximum absolute atomic E-state index is 12.7. The summed E-state index contributed by atoms with van der Waals surface area (Å²) in [5, 5.41) is 0. The van der Waals surface area contributed by atoms with Crippen molar-refractivity contribution in [1.29, 1.82) is 0 Å². The van der Waals surface area contributed by atoms with Gasteiger partial charge in [0.2, 0.25) is 5.78 Å². The quantitative estimate of drug-likeness (QED) is 0.430. The second-order valence-electron chi connectivity index (χ2n) is 6.27. The van der Waals surface area contributed by atoms with E-state index in [1.54, 1.807) is 7.11 Å². The Bertz CT molecular complexity index is 923. The molecule has 0 N–H and O–H groups in total. The average Bonchev–Trinajstić information content (AvgIpc) is 3.15. The Balaban J connectivity index is 1.69. The van der Waals surface area contributed by atoms with E-state index in [-0.39, 0.29) is 12.6 Å². The first kappa shape index (κ1) is 18.7. The number of carbonyl (C=O) groups is 1. The molecule has 0 spiro atoms. The number of rotatable bonds is 8. The summed E-state index contributed by atoms with van der Waals surface area (Å²) < 4.78 is 12.3. The average molecular weight is 361 g/mol. The van der Waals surface area contributed by atoms with Crippen LogP contribution in [-0.4, -0.2) is 24.3 Å². The minimum Gasteiger partial charge on any atom is -0.468 e. The second kappa shape index (κ2) is 9.01. The first-order chi connectivity index (χ1) is 13.2. The summed E-state index contributed by atoms with van der Waals surface area (Å²) in [5.41, 5.74) is 3.55. The lowest BCUT2D eigenvalue weighted by molar-refractivity contribution is 0.0511. The predicted octanol–water partition coefficient (Wildman–Crippen LogP) is 4.72. The molecule has 138 valence electrons. The van der Waals surface area contributed by atoms with E-state index >= 15 is 0 Å². The number of allylic oxidation sites excluding steroid dienone is 1. The molecule has 1 aromatic heterocycles. The molecule has 0 aliphatic carbocycles. The summed E-state index contributed by atoms with van der Waals surface area (Å²) in [6, 6.07) is 19.2. The molecule has 0 bridgehead atoms. The van der Waals surface area contributed by atoms with Crippen molar-refractivity contribution in [2.24, 2.45) is 0 Å². The van der Waals surface area contributed by atoms with E-state index in [1.165, 1.54) is 0 Å². The number of hydrogen-bond acceptors (Lipinski definition) is 3. The molecule has 0 saturated carbocycles. The van der Waals surface area contributed by atoms with Gasteiger partial charge in [0.25, 0.3) is 0 Å². The van der Waals surface area contributed by atoms with Crippen LogP contribution in [0.2, 0.25) is 0 Å². The van der Waals surface area contributed by atoms with E-state index in [1.807, 2.05) is 90.5 Å². The van der Waals surface area contributed by atoms with Gasteiger partial charge < -0.3 is 14.0 Å². The van der Waals surface area contributed by atoms with Crippen molar-refractivity contribution in [3.63, 3.8) is 0 Å². The lowest BCUT2D eigenvalue weighted by Gasteiger charge is -2.07. The van der Waals surface area contributed by atoms with Crippen LogP contribution < -0.4 is 4.74 Å². The molecule has 1 heterocycles. The molecule has 4 heteroatoms. The zero-order valence-corrected chi connectivity index (χ0v) is 15.6. The molecule has 0 aliphatic rings. The van der Waals surface area contributed by atoms with Crippen LogP contribution in [0.3, 0.4) is 0 Å². The van der Waals surface area contributed by atoms with Crippen molar-refractivity contribution in [2.45, 2.75) is 13.5 Å². The Hall–Kier alpha value is -3.11. The summed E-state index contributed by atoms with van der Waals surface area (Å²) >= 11 is 0. The topological polar surface area (TPSA) is 40.5 Å². The summed E-state index contributed by atoms with van der Waals surface area (Å²) in [4.78, 5) is 12.7. The number of methoxy groups -OCH3 is 1. The highest BCUT2D eigenvalue weighted by Gasteiger charge is 2.12. The number of benzene rings is 2. The Labute approximate surface area is 159 Å². The number of nitrogens with zero attached hydrogens (tertiary/aromatic N) is 1. The molecule has 2 aromatic carbocycles. The van der Waals surface area contributed by atoms with Crippen LogP contribution in [0, 0.1) is 6.92 Å². The normalized spacial score (nSPS) is 11.0. The van der Waals surface area contributed by atoms with E-state index < -0.39 is 0 Å². The molecule has 3 rings (SSSR count). The van der Waals surface area contributed by atoms with Crippen LogP contribution in [0.25, 0.3) is 6.08 Å². The van der Waals surface area contributed by atoms with E-state index in [0.29, 0.717) is 17.8 Å². The van der Waals surface area contributed by atoms with Crippen molar-refractivity contribution in [3.05, 3.63) is 95.3 Å². The summed E-state index contributed by atoms with van der Waals surface area (Å²) in [7, 11) is 1.59. The van der Waals surface area contributed by atoms with Crippen molar-refractivity contribution in [1.82, 2.24) is 4.57 Å². The molecular weight excluding hydrogens is 338 g/mol. The van der Waals surface area contributed by atoms with Crippen molar-refractivity contribution < 1.29 is 14.3 Å². The van der Waals surface area contributed by atoms with Gasteiger partial charge in [0, 0.05) is 25.4 Å². The van der Waals surface area contributed by atoms with Crippen LogP contribution in [0.15, 0.2) is 72.9 Å². The molecule has 4 nitrogen and oxygen atoms in total. The highest BCUT2D eigenvalue weighted by molar-refractivity contribution is 6.08. The third-order valence-electron chi connectivity index (χ3n) is 4.19. The molecule has 0 amide bonds. The fourth-order valence-corrected chi connectivity index (χ4v) is 2.77. The van der Waals surface area contributed by atoms with E-state index in [2.05, 4.69) is 0 Å². The first-order valence-electron chi connectivity index (χ1n) is 8.82. The molecule has 0 unspecified atom stereocenters. The smallest absolute Gasteiger partial charge is 0.209 e. The number of aromatic nitrogens is 1. The van der Waals surface area contributed by atoms with Gasteiger partial charge >= 0.3 is 0 Å². The van der Waals surface area contributed by atoms with Gasteiger partial charge in [-0.15, -0.1) is 0 Å². The van der Waals surface area contributed by atoms with Gasteiger partial charge in [-0.1, -0.05) is 54.1 Å². The van der Waals surface area contributed by atoms with Crippen molar-refractivity contribution in [2.75, 3.05) is 13.9 Å². The maximum Gasteiger partial charge on any atom is 0.209 e. The Kier molecular flexibility index (Phi) is 6.23. The zero-order chi connectivity index (χ0) is 19.1. The van der Waals surface area contributed by atoms with Gasteiger partial charge in [0.15, 0.2) is 6.79 Å². The fourth-order valence-electron chi connectivity index (χ4n) is 2.77. The van der Waals surface area contributed by atoms with Crippen LogP contribution in [0.4, 0.5) is 0 Å². The molecule has 0 radical (unpaired) electrons. The highest BCUT2D eigenvalue weighted by Crippen LogP contribution is 2.16. The highest BCUT2D eigenvalue weighted by atomic mass is 16.7. The predicted molar refractivity (Wildman–Crippen MR) is 107 cm³/mol. The molecule has 3 aromatic rings. The summed E-state index contributed by atoms with van der Waals surface area (Å²) in [5.74, 6) is 0.790. The van der Waals surface area contributed by atoms with Gasteiger partial charge in [-0.05, 0) is 36.8 Å². The fraction of sp³-hybridized carbons (Fsp3) is 0.174. The second-order valence-corrected chi connectivity index (χ2v) is 6.27. The first-order valence-corrected chi connectivity index (χ1v) is 8.82. The van der Waals surface area contributed by atoms with E-state index in [0.717, 1.165) is 16.9 Å². The molecule has 0 saturated heterocycles. The van der Waals surface area contributed by atoms with Gasteiger partial charge in [0.1, 0.15) is 5.75 Å². The lowest BCUT2D eigenvalue weighted by Crippen LogP contribution is -2.09.